The van der Waals surface area contributed by atoms with Crippen LogP contribution in [0, 0.1) is 6.92 Å². The van der Waals surface area contributed by atoms with Crippen molar-refractivity contribution in [1.29, 1.82) is 0 Å². The van der Waals surface area contributed by atoms with E-state index in [9.17, 15) is 8.42 Å². The number of nitrogens with zero attached hydrogens (tertiary/aromatic N) is 7. The predicted molar refractivity (Wildman–Crippen MR) is 95.3 cm³/mol. The summed E-state index contributed by atoms with van der Waals surface area (Å²) in [5.74, 6) is 1.48. The Morgan fingerprint density at radius 1 is 1.12 bits per heavy atom. The molecule has 136 valence electrons. The summed E-state index contributed by atoms with van der Waals surface area (Å²) >= 11 is 0. The van der Waals surface area contributed by atoms with E-state index in [1.807, 2.05) is 36.9 Å². The maximum Gasteiger partial charge on any atom is 0.262 e. The first kappa shape index (κ1) is 17.6. The SMILES string of the molecule is Cc1cc(N(C)C)nc(N2CCN(S(=O)(=O)c3cn(C)cn3)CC2)n1. The quantitative estimate of drug-likeness (QED) is 0.759. The van der Waals surface area contributed by atoms with Gasteiger partial charge in [0.1, 0.15) is 5.82 Å². The molecule has 3 rings (SSSR count). The number of aryl methyl sites for hydroxylation is 2. The van der Waals surface area contributed by atoms with Crippen LogP contribution in [0.1, 0.15) is 5.69 Å². The molecule has 3 heterocycles. The average molecular weight is 365 g/mol. The zero-order chi connectivity index (χ0) is 18.2. The fourth-order valence-corrected chi connectivity index (χ4v) is 4.08. The Balaban J connectivity index is 1.74. The maximum atomic E-state index is 12.6. The van der Waals surface area contributed by atoms with Crippen molar-refractivity contribution in [1.82, 2.24) is 23.8 Å². The van der Waals surface area contributed by atoms with Crippen LogP contribution in [-0.4, -0.2) is 72.5 Å². The van der Waals surface area contributed by atoms with E-state index in [0.717, 1.165) is 11.5 Å². The van der Waals surface area contributed by atoms with Crippen LogP contribution in [0.15, 0.2) is 23.6 Å². The topological polar surface area (TPSA) is 87.5 Å². The Bertz CT molecular complexity index is 855. The monoisotopic (exact) mass is 365 g/mol. The lowest BCUT2D eigenvalue weighted by atomic mass is 10.3. The molecule has 0 radical (unpaired) electrons. The van der Waals surface area contributed by atoms with Crippen LogP contribution in [0.25, 0.3) is 0 Å². The molecule has 1 saturated heterocycles. The summed E-state index contributed by atoms with van der Waals surface area (Å²) in [6.07, 6.45) is 3.02. The fraction of sp³-hybridized carbons (Fsp3) is 0.533. The number of anilines is 2. The van der Waals surface area contributed by atoms with Gasteiger partial charge in [-0.05, 0) is 6.92 Å². The second kappa shape index (κ2) is 6.60. The fourth-order valence-electron chi connectivity index (χ4n) is 2.69. The van der Waals surface area contributed by atoms with E-state index in [1.165, 1.54) is 16.8 Å². The summed E-state index contributed by atoms with van der Waals surface area (Å²) in [4.78, 5) is 17.0. The molecule has 1 aliphatic heterocycles. The van der Waals surface area contributed by atoms with E-state index >= 15 is 0 Å². The van der Waals surface area contributed by atoms with Crippen molar-refractivity contribution in [2.75, 3.05) is 50.1 Å². The molecule has 0 saturated carbocycles. The van der Waals surface area contributed by atoms with Gasteiger partial charge in [-0.2, -0.15) is 9.29 Å². The van der Waals surface area contributed by atoms with Gasteiger partial charge < -0.3 is 14.4 Å². The van der Waals surface area contributed by atoms with E-state index in [-0.39, 0.29) is 5.03 Å². The molecular formula is C15H23N7O2S. The third kappa shape index (κ3) is 3.59. The summed E-state index contributed by atoms with van der Waals surface area (Å²) in [7, 11) is 2.07. The maximum absolute atomic E-state index is 12.6. The number of sulfonamides is 1. The molecule has 1 aliphatic rings. The van der Waals surface area contributed by atoms with Gasteiger partial charge in [0.05, 0.1) is 6.33 Å². The molecular weight excluding hydrogens is 342 g/mol. The van der Waals surface area contributed by atoms with Gasteiger partial charge in [-0.3, -0.25) is 0 Å². The van der Waals surface area contributed by atoms with E-state index in [2.05, 4.69) is 15.0 Å². The van der Waals surface area contributed by atoms with Crippen LogP contribution in [0.4, 0.5) is 11.8 Å². The molecule has 0 bridgehead atoms. The number of piperazine rings is 1. The summed E-state index contributed by atoms with van der Waals surface area (Å²) < 4.78 is 28.4. The van der Waals surface area contributed by atoms with Gasteiger partial charge in [-0.15, -0.1) is 0 Å². The normalized spacial score (nSPS) is 16.2. The minimum absolute atomic E-state index is 0.0881. The first-order valence-electron chi connectivity index (χ1n) is 8.03. The first-order chi connectivity index (χ1) is 11.8. The van der Waals surface area contributed by atoms with Gasteiger partial charge in [0.15, 0.2) is 5.03 Å². The van der Waals surface area contributed by atoms with Gasteiger partial charge in [-0.1, -0.05) is 0 Å². The number of rotatable bonds is 4. The van der Waals surface area contributed by atoms with E-state index < -0.39 is 10.0 Å². The van der Waals surface area contributed by atoms with Crippen molar-refractivity contribution in [2.24, 2.45) is 7.05 Å². The number of hydrogen-bond acceptors (Lipinski definition) is 7. The Kier molecular flexibility index (Phi) is 4.65. The highest BCUT2D eigenvalue weighted by Gasteiger charge is 2.31. The van der Waals surface area contributed by atoms with Crippen LogP contribution in [0.3, 0.4) is 0 Å². The summed E-state index contributed by atoms with van der Waals surface area (Å²) in [6.45, 7) is 3.78. The minimum atomic E-state index is -3.55. The number of hydrogen-bond donors (Lipinski definition) is 0. The lowest BCUT2D eigenvalue weighted by molar-refractivity contribution is 0.381. The molecule has 0 amide bonds. The van der Waals surface area contributed by atoms with Crippen molar-refractivity contribution in [3.8, 4) is 0 Å². The van der Waals surface area contributed by atoms with Crippen molar-refractivity contribution >= 4 is 21.8 Å². The highest BCUT2D eigenvalue weighted by atomic mass is 32.2. The lowest BCUT2D eigenvalue weighted by Crippen LogP contribution is -2.49. The Hall–Kier alpha value is -2.20. The molecule has 10 heteroatoms. The van der Waals surface area contributed by atoms with E-state index in [4.69, 9.17) is 0 Å². The third-order valence-electron chi connectivity index (χ3n) is 4.09. The molecule has 0 aromatic carbocycles. The molecule has 25 heavy (non-hydrogen) atoms. The summed E-state index contributed by atoms with van der Waals surface area (Å²) in [5, 5.41) is 0.0881. The zero-order valence-corrected chi connectivity index (χ0v) is 15.7. The first-order valence-corrected chi connectivity index (χ1v) is 9.47. The van der Waals surface area contributed by atoms with Gasteiger partial charge in [0.25, 0.3) is 10.0 Å². The van der Waals surface area contributed by atoms with Crippen molar-refractivity contribution < 1.29 is 8.42 Å². The highest BCUT2D eigenvalue weighted by molar-refractivity contribution is 7.89. The van der Waals surface area contributed by atoms with Gasteiger partial charge in [0.2, 0.25) is 5.95 Å². The predicted octanol–water partition coefficient (Wildman–Crippen LogP) is 0.0954. The summed E-state index contributed by atoms with van der Waals surface area (Å²) in [6, 6.07) is 1.92. The van der Waals surface area contributed by atoms with Gasteiger partial charge in [-0.25, -0.2) is 18.4 Å². The van der Waals surface area contributed by atoms with Crippen LogP contribution in [0.5, 0.6) is 0 Å². The molecule has 0 unspecified atom stereocenters. The third-order valence-corrected chi connectivity index (χ3v) is 5.88. The Morgan fingerprint density at radius 2 is 1.80 bits per heavy atom. The average Bonchev–Trinajstić information content (AvgIpc) is 3.01. The van der Waals surface area contributed by atoms with E-state index in [1.54, 1.807) is 11.6 Å². The second-order valence-corrected chi connectivity index (χ2v) is 8.22. The van der Waals surface area contributed by atoms with E-state index in [0.29, 0.717) is 32.1 Å². The molecule has 0 spiro atoms. The Morgan fingerprint density at radius 3 is 2.36 bits per heavy atom. The van der Waals surface area contributed by atoms with Crippen molar-refractivity contribution in [3.63, 3.8) is 0 Å². The molecule has 0 N–H and O–H groups in total. The molecule has 2 aromatic rings. The van der Waals surface area contributed by atoms with Crippen LogP contribution < -0.4 is 9.80 Å². The van der Waals surface area contributed by atoms with Crippen LogP contribution in [0.2, 0.25) is 0 Å². The van der Waals surface area contributed by atoms with Gasteiger partial charge in [0, 0.05) is 65.3 Å². The second-order valence-electron chi connectivity index (χ2n) is 6.33. The van der Waals surface area contributed by atoms with Crippen LogP contribution >= 0.6 is 0 Å². The standard InChI is InChI=1S/C15H23N7O2S/c1-12-9-13(19(2)3)18-15(17-12)21-5-7-22(8-6-21)25(23,24)14-10-20(4)11-16-14/h9-11H,5-8H2,1-4H3. The molecule has 0 atom stereocenters. The largest absolute Gasteiger partial charge is 0.363 e. The highest BCUT2D eigenvalue weighted by Crippen LogP contribution is 2.20. The van der Waals surface area contributed by atoms with Crippen molar-refractivity contribution in [2.45, 2.75) is 11.9 Å². The lowest BCUT2D eigenvalue weighted by Gasteiger charge is -2.33. The van der Waals surface area contributed by atoms with Crippen LogP contribution in [-0.2, 0) is 17.1 Å². The molecule has 0 aliphatic carbocycles. The molecule has 9 nitrogen and oxygen atoms in total. The molecule has 1 fully saturated rings. The van der Waals surface area contributed by atoms with Gasteiger partial charge >= 0.3 is 0 Å². The zero-order valence-electron chi connectivity index (χ0n) is 14.9. The summed E-state index contributed by atoms with van der Waals surface area (Å²) in [5.41, 5.74) is 0.886. The number of imidazole rings is 1. The Labute approximate surface area is 148 Å². The molecule has 2 aromatic heterocycles. The smallest absolute Gasteiger partial charge is 0.262 e. The minimum Gasteiger partial charge on any atom is -0.363 e. The van der Waals surface area contributed by atoms with Crippen molar-refractivity contribution in [3.05, 3.63) is 24.3 Å². The number of aromatic nitrogens is 4.